The van der Waals surface area contributed by atoms with Gasteiger partial charge in [0, 0.05) is 21.1 Å². The molecule has 0 aliphatic heterocycles. The third-order valence-corrected chi connectivity index (χ3v) is 2.13. The summed E-state index contributed by atoms with van der Waals surface area (Å²) in [5, 5.41) is 1.80. The molecule has 14 heavy (non-hydrogen) atoms. The summed E-state index contributed by atoms with van der Waals surface area (Å²) in [5.41, 5.74) is 4.61. The average molecular weight is 192 g/mol. The Bertz CT molecular complexity index is 448. The number of aryl methyl sites for hydroxylation is 1. The van der Waals surface area contributed by atoms with Crippen LogP contribution in [0.15, 0.2) is 12.7 Å². The number of fused-ring (bicyclic) bond motifs is 1. The van der Waals surface area contributed by atoms with Gasteiger partial charge >= 0.3 is 0 Å². The molecule has 6 heteroatoms. The number of rotatable bonds is 2. The minimum absolute atomic E-state index is 0.776. The standard InChI is InChI=1S/C8H12N6/c1-9-14(3)8-6-7(10-4-11-8)13(2)5-12-6/h4-5,9H,1-3H3. The van der Waals surface area contributed by atoms with Crippen molar-refractivity contribution < 1.29 is 0 Å². The van der Waals surface area contributed by atoms with E-state index in [1.165, 1.54) is 6.33 Å². The fraction of sp³-hybridized carbons (Fsp3) is 0.375. The molecular formula is C8H12N6. The van der Waals surface area contributed by atoms with Crippen molar-refractivity contribution in [3.8, 4) is 0 Å². The third kappa shape index (κ3) is 1.20. The van der Waals surface area contributed by atoms with Crippen LogP contribution in [0.4, 0.5) is 5.82 Å². The number of anilines is 1. The second kappa shape index (κ2) is 3.22. The van der Waals surface area contributed by atoms with Crippen molar-refractivity contribution in [1.82, 2.24) is 24.9 Å². The highest BCUT2D eigenvalue weighted by Crippen LogP contribution is 2.17. The summed E-state index contributed by atoms with van der Waals surface area (Å²) in [5.74, 6) is 0.776. The molecule has 1 N–H and O–H groups in total. The molecule has 0 radical (unpaired) electrons. The molecule has 0 bridgehead atoms. The molecule has 2 aromatic heterocycles. The lowest BCUT2D eigenvalue weighted by Gasteiger charge is -2.15. The Morgan fingerprint density at radius 1 is 1.36 bits per heavy atom. The van der Waals surface area contributed by atoms with E-state index in [1.807, 2.05) is 25.7 Å². The number of nitrogens with one attached hydrogen (secondary N) is 1. The number of hydrazine groups is 1. The second-order valence-corrected chi connectivity index (χ2v) is 3.01. The van der Waals surface area contributed by atoms with E-state index in [0.717, 1.165) is 17.0 Å². The summed E-state index contributed by atoms with van der Waals surface area (Å²) in [4.78, 5) is 12.6. The van der Waals surface area contributed by atoms with Crippen LogP contribution in [0.2, 0.25) is 0 Å². The van der Waals surface area contributed by atoms with E-state index < -0.39 is 0 Å². The molecule has 0 aromatic carbocycles. The third-order valence-electron chi connectivity index (χ3n) is 2.13. The summed E-state index contributed by atoms with van der Waals surface area (Å²) in [6.45, 7) is 0. The van der Waals surface area contributed by atoms with Crippen molar-refractivity contribution in [3.63, 3.8) is 0 Å². The van der Waals surface area contributed by atoms with Crippen LogP contribution in [0.3, 0.4) is 0 Å². The van der Waals surface area contributed by atoms with Crippen molar-refractivity contribution in [1.29, 1.82) is 0 Å². The maximum absolute atomic E-state index is 4.24. The molecule has 74 valence electrons. The lowest BCUT2D eigenvalue weighted by atomic mass is 10.5. The Labute approximate surface area is 81.6 Å². The molecule has 0 saturated heterocycles. The van der Waals surface area contributed by atoms with Gasteiger partial charge in [-0.3, -0.25) is 5.01 Å². The smallest absolute Gasteiger partial charge is 0.174 e. The van der Waals surface area contributed by atoms with Crippen molar-refractivity contribution in [2.75, 3.05) is 19.1 Å². The first-order chi connectivity index (χ1) is 6.74. The quantitative estimate of drug-likeness (QED) is 0.675. The Morgan fingerprint density at radius 2 is 2.14 bits per heavy atom. The maximum Gasteiger partial charge on any atom is 0.174 e. The average Bonchev–Trinajstić information content (AvgIpc) is 2.59. The predicted octanol–water partition coefficient (Wildman–Crippen LogP) is -0.0661. The van der Waals surface area contributed by atoms with Crippen LogP contribution in [0, 0.1) is 0 Å². The van der Waals surface area contributed by atoms with Gasteiger partial charge in [0.25, 0.3) is 0 Å². The molecule has 0 fully saturated rings. The first kappa shape index (κ1) is 8.89. The van der Waals surface area contributed by atoms with Gasteiger partial charge in [0.1, 0.15) is 6.33 Å². The van der Waals surface area contributed by atoms with E-state index in [4.69, 9.17) is 0 Å². The molecule has 0 saturated carbocycles. The summed E-state index contributed by atoms with van der Waals surface area (Å²) in [6.07, 6.45) is 3.26. The van der Waals surface area contributed by atoms with Crippen LogP contribution in [-0.2, 0) is 7.05 Å². The van der Waals surface area contributed by atoms with Gasteiger partial charge in [-0.2, -0.15) is 0 Å². The summed E-state index contributed by atoms with van der Waals surface area (Å²) in [6, 6.07) is 0. The highest BCUT2D eigenvalue weighted by Gasteiger charge is 2.10. The fourth-order valence-corrected chi connectivity index (χ4v) is 1.28. The van der Waals surface area contributed by atoms with Gasteiger partial charge in [0.2, 0.25) is 0 Å². The van der Waals surface area contributed by atoms with Crippen molar-refractivity contribution in [2.24, 2.45) is 7.05 Å². The van der Waals surface area contributed by atoms with Crippen LogP contribution in [0.1, 0.15) is 0 Å². The lowest BCUT2D eigenvalue weighted by Crippen LogP contribution is -2.31. The van der Waals surface area contributed by atoms with E-state index in [1.54, 1.807) is 11.3 Å². The first-order valence-corrected chi connectivity index (χ1v) is 4.27. The highest BCUT2D eigenvalue weighted by molar-refractivity contribution is 5.82. The van der Waals surface area contributed by atoms with E-state index in [9.17, 15) is 0 Å². The summed E-state index contributed by atoms with van der Waals surface area (Å²) >= 11 is 0. The topological polar surface area (TPSA) is 58.9 Å². The van der Waals surface area contributed by atoms with Gasteiger partial charge in [-0.15, -0.1) is 0 Å². The van der Waals surface area contributed by atoms with E-state index >= 15 is 0 Å². The SMILES string of the molecule is CNN(C)c1ncnc2c1ncn2C. The van der Waals surface area contributed by atoms with E-state index in [-0.39, 0.29) is 0 Å². The number of imidazole rings is 1. The molecule has 0 spiro atoms. The van der Waals surface area contributed by atoms with Crippen molar-refractivity contribution >= 4 is 17.0 Å². The molecule has 2 aromatic rings. The highest BCUT2D eigenvalue weighted by atomic mass is 15.5. The van der Waals surface area contributed by atoms with Crippen LogP contribution in [0.25, 0.3) is 11.2 Å². The zero-order chi connectivity index (χ0) is 10.1. The van der Waals surface area contributed by atoms with Crippen LogP contribution in [0.5, 0.6) is 0 Å². The van der Waals surface area contributed by atoms with Crippen molar-refractivity contribution in [2.45, 2.75) is 0 Å². The Balaban J connectivity index is 2.65. The monoisotopic (exact) mass is 192 g/mol. The molecule has 0 amide bonds. The van der Waals surface area contributed by atoms with Crippen LogP contribution >= 0.6 is 0 Å². The molecule has 0 aliphatic rings. The normalized spacial score (nSPS) is 10.8. The van der Waals surface area contributed by atoms with Gasteiger partial charge in [-0.25, -0.2) is 20.4 Å². The Kier molecular flexibility index (Phi) is 2.05. The molecule has 2 rings (SSSR count). The molecule has 2 heterocycles. The van der Waals surface area contributed by atoms with Gasteiger partial charge in [0.15, 0.2) is 17.0 Å². The number of nitrogens with zero attached hydrogens (tertiary/aromatic N) is 5. The summed E-state index contributed by atoms with van der Waals surface area (Å²) in [7, 11) is 5.62. The van der Waals surface area contributed by atoms with E-state index in [2.05, 4.69) is 20.4 Å². The zero-order valence-electron chi connectivity index (χ0n) is 8.39. The summed E-state index contributed by atoms with van der Waals surface area (Å²) < 4.78 is 1.87. The molecule has 0 unspecified atom stereocenters. The number of hydrogen-bond acceptors (Lipinski definition) is 5. The minimum atomic E-state index is 0.776. The van der Waals surface area contributed by atoms with Gasteiger partial charge in [-0.1, -0.05) is 0 Å². The zero-order valence-corrected chi connectivity index (χ0v) is 8.39. The molecular weight excluding hydrogens is 180 g/mol. The maximum atomic E-state index is 4.24. The predicted molar refractivity (Wildman–Crippen MR) is 53.8 cm³/mol. The Morgan fingerprint density at radius 3 is 2.86 bits per heavy atom. The van der Waals surface area contributed by atoms with Gasteiger partial charge in [-0.05, 0) is 0 Å². The number of aromatic nitrogens is 4. The first-order valence-electron chi connectivity index (χ1n) is 4.27. The Hall–Kier alpha value is -1.69. The lowest BCUT2D eigenvalue weighted by molar-refractivity contribution is 0.777. The molecule has 0 aliphatic carbocycles. The van der Waals surface area contributed by atoms with Gasteiger partial charge in [0.05, 0.1) is 6.33 Å². The van der Waals surface area contributed by atoms with E-state index in [0.29, 0.717) is 0 Å². The van der Waals surface area contributed by atoms with Crippen molar-refractivity contribution in [3.05, 3.63) is 12.7 Å². The van der Waals surface area contributed by atoms with Crippen LogP contribution < -0.4 is 10.4 Å². The van der Waals surface area contributed by atoms with Crippen LogP contribution in [-0.4, -0.2) is 33.6 Å². The second-order valence-electron chi connectivity index (χ2n) is 3.01. The molecule has 6 nitrogen and oxygen atoms in total. The fourth-order valence-electron chi connectivity index (χ4n) is 1.28. The number of hydrogen-bond donors (Lipinski definition) is 1. The minimum Gasteiger partial charge on any atom is -0.318 e. The largest absolute Gasteiger partial charge is 0.318 e. The van der Waals surface area contributed by atoms with Gasteiger partial charge < -0.3 is 4.57 Å². The molecule has 0 atom stereocenters.